The van der Waals surface area contributed by atoms with Crippen molar-refractivity contribution in [2.45, 2.75) is 19.9 Å². The number of carbonyl (C=O) groups excluding carboxylic acids is 1. The van der Waals surface area contributed by atoms with Crippen LogP contribution < -0.4 is 16.2 Å². The lowest BCUT2D eigenvalue weighted by Crippen LogP contribution is -2.30. The molecule has 0 aliphatic heterocycles. The van der Waals surface area contributed by atoms with E-state index in [0.717, 1.165) is 12.1 Å². The van der Waals surface area contributed by atoms with Crippen molar-refractivity contribution >= 4 is 11.6 Å². The van der Waals surface area contributed by atoms with Crippen LogP contribution in [0.2, 0.25) is 0 Å². The van der Waals surface area contributed by atoms with E-state index in [2.05, 4.69) is 36.3 Å². The highest BCUT2D eigenvalue weighted by Crippen LogP contribution is 2.17. The maximum atomic E-state index is 11.3. The molecule has 0 spiro atoms. The first-order chi connectivity index (χ1) is 9.63. The maximum absolute atomic E-state index is 11.3. The molecule has 0 aliphatic carbocycles. The number of hydrazine groups is 1. The quantitative estimate of drug-likeness (QED) is 0.490. The average molecular weight is 274 g/mol. The van der Waals surface area contributed by atoms with Gasteiger partial charge in [-0.15, -0.1) is 0 Å². The van der Waals surface area contributed by atoms with Crippen LogP contribution in [-0.4, -0.2) is 18.1 Å². The number of hydrogen-bond donors (Lipinski definition) is 2. The van der Waals surface area contributed by atoms with Gasteiger partial charge in [-0.25, -0.2) is 5.84 Å². The molecule has 6 nitrogen and oxygen atoms in total. The fraction of sp³-hybridized carbons (Fsp3) is 0.286. The minimum absolute atomic E-state index is 0.178. The van der Waals surface area contributed by atoms with Crippen LogP contribution in [-0.2, 0) is 13.0 Å². The van der Waals surface area contributed by atoms with E-state index in [1.807, 2.05) is 17.4 Å². The lowest BCUT2D eigenvalue weighted by Gasteiger charge is -2.17. The van der Waals surface area contributed by atoms with E-state index in [9.17, 15) is 4.79 Å². The van der Waals surface area contributed by atoms with Gasteiger partial charge in [0.15, 0.2) is 11.5 Å². The molecule has 1 aromatic carbocycles. The molecule has 0 aliphatic rings. The number of anilines is 1. The highest BCUT2D eigenvalue weighted by Gasteiger charge is 2.12. The Morgan fingerprint density at radius 3 is 2.70 bits per heavy atom. The second-order valence-electron chi connectivity index (χ2n) is 4.53. The fourth-order valence-corrected chi connectivity index (χ4v) is 1.88. The summed E-state index contributed by atoms with van der Waals surface area (Å²) < 4.78 is 5.12. The lowest BCUT2D eigenvalue weighted by atomic mass is 10.1. The Bertz CT molecular complexity index is 577. The van der Waals surface area contributed by atoms with E-state index in [-0.39, 0.29) is 5.69 Å². The summed E-state index contributed by atoms with van der Waals surface area (Å²) in [4.78, 5) is 13.3. The molecular formula is C14H18N4O2. The standard InChI is InChI=1S/C14H18N4O2/c1-3-10-4-6-11(7-5-10)18(2)9-12-8-13(17-20-12)14(19)16-15/h4-8H,3,9,15H2,1-2H3,(H,16,19). The zero-order valence-electron chi connectivity index (χ0n) is 11.6. The Hall–Kier alpha value is -2.34. The minimum atomic E-state index is -0.463. The second-order valence-corrected chi connectivity index (χ2v) is 4.53. The number of nitrogens with zero attached hydrogens (tertiary/aromatic N) is 2. The average Bonchev–Trinajstić information content (AvgIpc) is 2.95. The zero-order chi connectivity index (χ0) is 14.5. The third-order valence-electron chi connectivity index (χ3n) is 3.10. The molecular weight excluding hydrogens is 256 g/mol. The van der Waals surface area contributed by atoms with Crippen molar-refractivity contribution in [3.8, 4) is 0 Å². The van der Waals surface area contributed by atoms with Crippen molar-refractivity contribution in [2.24, 2.45) is 5.84 Å². The first kappa shape index (κ1) is 14.1. The van der Waals surface area contributed by atoms with E-state index in [4.69, 9.17) is 10.4 Å². The van der Waals surface area contributed by atoms with Gasteiger partial charge in [-0.05, 0) is 24.1 Å². The summed E-state index contributed by atoms with van der Waals surface area (Å²) in [6.07, 6.45) is 1.02. The summed E-state index contributed by atoms with van der Waals surface area (Å²) in [7, 11) is 1.95. The normalized spacial score (nSPS) is 10.3. The van der Waals surface area contributed by atoms with Gasteiger partial charge in [0.25, 0.3) is 5.91 Å². The van der Waals surface area contributed by atoms with E-state index in [0.29, 0.717) is 12.3 Å². The van der Waals surface area contributed by atoms with Crippen molar-refractivity contribution in [2.75, 3.05) is 11.9 Å². The molecule has 0 radical (unpaired) electrons. The smallest absolute Gasteiger partial charge is 0.287 e. The number of nitrogen functional groups attached to an aromatic ring is 1. The Morgan fingerprint density at radius 2 is 2.10 bits per heavy atom. The molecule has 2 aromatic rings. The number of amides is 1. The predicted octanol–water partition coefficient (Wildman–Crippen LogP) is 1.48. The van der Waals surface area contributed by atoms with Gasteiger partial charge >= 0.3 is 0 Å². The Balaban J connectivity index is 2.04. The van der Waals surface area contributed by atoms with Crippen LogP contribution in [0.25, 0.3) is 0 Å². The minimum Gasteiger partial charge on any atom is -0.367 e. The number of aromatic nitrogens is 1. The van der Waals surface area contributed by atoms with Gasteiger partial charge in [-0.2, -0.15) is 0 Å². The van der Waals surface area contributed by atoms with Crippen molar-refractivity contribution in [1.82, 2.24) is 10.6 Å². The number of nitrogens with one attached hydrogen (secondary N) is 1. The molecule has 1 amide bonds. The zero-order valence-corrected chi connectivity index (χ0v) is 11.6. The molecule has 20 heavy (non-hydrogen) atoms. The molecule has 2 rings (SSSR count). The van der Waals surface area contributed by atoms with Gasteiger partial charge < -0.3 is 9.42 Å². The highest BCUT2D eigenvalue weighted by atomic mass is 16.5. The summed E-state index contributed by atoms with van der Waals surface area (Å²) in [5.41, 5.74) is 4.56. The van der Waals surface area contributed by atoms with E-state index in [1.165, 1.54) is 5.56 Å². The van der Waals surface area contributed by atoms with Crippen LogP contribution in [0.15, 0.2) is 34.9 Å². The molecule has 0 bridgehead atoms. The summed E-state index contributed by atoms with van der Waals surface area (Å²) in [5.74, 6) is 5.18. The van der Waals surface area contributed by atoms with Crippen LogP contribution in [0.4, 0.5) is 5.69 Å². The first-order valence-corrected chi connectivity index (χ1v) is 6.40. The molecule has 6 heteroatoms. The topological polar surface area (TPSA) is 84.4 Å². The first-order valence-electron chi connectivity index (χ1n) is 6.40. The van der Waals surface area contributed by atoms with Crippen LogP contribution in [0, 0.1) is 0 Å². The summed E-state index contributed by atoms with van der Waals surface area (Å²) >= 11 is 0. The van der Waals surface area contributed by atoms with Gasteiger partial charge in [0.1, 0.15) is 0 Å². The molecule has 0 atom stereocenters. The van der Waals surface area contributed by atoms with Crippen molar-refractivity contribution in [3.05, 3.63) is 47.3 Å². The number of hydrogen-bond acceptors (Lipinski definition) is 5. The number of aryl methyl sites for hydroxylation is 1. The fourth-order valence-electron chi connectivity index (χ4n) is 1.88. The van der Waals surface area contributed by atoms with Gasteiger partial charge in [-0.1, -0.05) is 24.2 Å². The molecule has 106 valence electrons. The summed E-state index contributed by atoms with van der Waals surface area (Å²) in [5, 5.41) is 3.67. The molecule has 1 aromatic heterocycles. The van der Waals surface area contributed by atoms with Crippen LogP contribution in [0.5, 0.6) is 0 Å². The number of nitrogens with two attached hydrogens (primary N) is 1. The van der Waals surface area contributed by atoms with Crippen LogP contribution in [0.3, 0.4) is 0 Å². The maximum Gasteiger partial charge on any atom is 0.287 e. The van der Waals surface area contributed by atoms with Crippen molar-refractivity contribution in [3.63, 3.8) is 0 Å². The Labute approximate surface area is 117 Å². The Kier molecular flexibility index (Phi) is 4.37. The monoisotopic (exact) mass is 274 g/mol. The Morgan fingerprint density at radius 1 is 1.40 bits per heavy atom. The molecule has 0 unspecified atom stereocenters. The van der Waals surface area contributed by atoms with Crippen LogP contribution >= 0.6 is 0 Å². The van der Waals surface area contributed by atoms with E-state index >= 15 is 0 Å². The summed E-state index contributed by atoms with van der Waals surface area (Å²) in [6, 6.07) is 9.89. The highest BCUT2D eigenvalue weighted by molar-refractivity contribution is 5.91. The summed E-state index contributed by atoms with van der Waals surface area (Å²) in [6.45, 7) is 2.65. The largest absolute Gasteiger partial charge is 0.367 e. The number of benzene rings is 1. The third-order valence-corrected chi connectivity index (χ3v) is 3.10. The third kappa shape index (κ3) is 3.16. The molecule has 1 heterocycles. The molecule has 0 saturated heterocycles. The SMILES string of the molecule is CCc1ccc(N(C)Cc2cc(C(=O)NN)no2)cc1. The van der Waals surface area contributed by atoms with Gasteiger partial charge in [0.2, 0.25) is 0 Å². The number of rotatable bonds is 5. The second kappa shape index (κ2) is 6.21. The lowest BCUT2D eigenvalue weighted by molar-refractivity contribution is 0.0944. The van der Waals surface area contributed by atoms with Gasteiger partial charge in [0.05, 0.1) is 6.54 Å². The van der Waals surface area contributed by atoms with Crippen molar-refractivity contribution < 1.29 is 9.32 Å². The molecule has 3 N–H and O–H groups in total. The molecule has 0 saturated carbocycles. The van der Waals surface area contributed by atoms with Crippen LogP contribution in [0.1, 0.15) is 28.7 Å². The predicted molar refractivity (Wildman–Crippen MR) is 76.1 cm³/mol. The molecule has 0 fully saturated rings. The van der Waals surface area contributed by atoms with Gasteiger partial charge in [-0.3, -0.25) is 10.2 Å². The van der Waals surface area contributed by atoms with E-state index < -0.39 is 5.91 Å². The van der Waals surface area contributed by atoms with Gasteiger partial charge in [0, 0.05) is 18.8 Å². The number of carbonyl (C=O) groups is 1. The van der Waals surface area contributed by atoms with E-state index in [1.54, 1.807) is 6.07 Å². The van der Waals surface area contributed by atoms with Crippen molar-refractivity contribution in [1.29, 1.82) is 0 Å².